The summed E-state index contributed by atoms with van der Waals surface area (Å²) in [6.45, 7) is 0. The number of carbonyl (C=O) groups excluding carboxylic acids is 3. The van der Waals surface area contributed by atoms with Gasteiger partial charge in [-0.1, -0.05) is 53.6 Å². The summed E-state index contributed by atoms with van der Waals surface area (Å²) in [5.74, 6) is -1.40. The second-order valence-electron chi connectivity index (χ2n) is 5.81. The molecule has 3 aromatic carbocycles. The van der Waals surface area contributed by atoms with Gasteiger partial charge in [0, 0.05) is 16.7 Å². The van der Waals surface area contributed by atoms with Gasteiger partial charge in [0.1, 0.15) is 35.9 Å². The smallest absolute Gasteiger partial charge is 0.871 e. The third-order valence-corrected chi connectivity index (χ3v) is 3.65. The average Bonchev–Trinajstić information content (AvgIpc) is 2.85. The molecule has 0 saturated heterocycles. The molecule has 0 N–H and O–H groups in total. The zero-order valence-corrected chi connectivity index (χ0v) is 20.9. The summed E-state index contributed by atoms with van der Waals surface area (Å²) in [5, 5.41) is 39.5. The molecule has 0 aliphatic carbocycles. The Labute approximate surface area is 230 Å². The molecular formula is C21H12FeN3NaO9. The first-order chi connectivity index (χ1) is 15.8. The fourth-order valence-corrected chi connectivity index (χ4v) is 2.04. The van der Waals surface area contributed by atoms with Crippen molar-refractivity contribution < 1.29 is 76.3 Å². The first kappa shape index (κ1) is 33.6. The third kappa shape index (κ3) is 10.9. The number of nitroso groups, excluding NO2 is 3. The minimum atomic E-state index is -0.467. The molecule has 0 aromatic heterocycles. The van der Waals surface area contributed by atoms with Crippen molar-refractivity contribution in [3.63, 3.8) is 0 Å². The van der Waals surface area contributed by atoms with E-state index >= 15 is 0 Å². The molecule has 3 rings (SSSR count). The molecule has 0 aliphatic heterocycles. The van der Waals surface area contributed by atoms with Crippen molar-refractivity contribution in [1.29, 1.82) is 0 Å². The van der Waals surface area contributed by atoms with Gasteiger partial charge in [0.2, 0.25) is 0 Å². The van der Waals surface area contributed by atoms with Crippen molar-refractivity contribution >= 4 is 35.9 Å². The van der Waals surface area contributed by atoms with Crippen LogP contribution >= 0.6 is 0 Å². The van der Waals surface area contributed by atoms with E-state index in [1.165, 1.54) is 18.2 Å². The first-order valence-corrected chi connectivity index (χ1v) is 8.62. The number of carbonyl (C=O) groups is 3. The molecule has 3 aromatic rings. The van der Waals surface area contributed by atoms with Crippen LogP contribution in [0.5, 0.6) is 17.2 Å². The third-order valence-electron chi connectivity index (χ3n) is 3.65. The molecule has 0 saturated carbocycles. The fraction of sp³-hybridized carbons (Fsp3) is 0. The van der Waals surface area contributed by atoms with Gasteiger partial charge in [0.15, 0.2) is 0 Å². The molecule has 0 radical (unpaired) electrons. The van der Waals surface area contributed by atoms with E-state index in [0.717, 1.165) is 36.4 Å². The molecule has 174 valence electrons. The van der Waals surface area contributed by atoms with Crippen LogP contribution in [0.1, 0.15) is 31.1 Å². The van der Waals surface area contributed by atoms with E-state index in [9.17, 15) is 44.4 Å². The SMILES string of the molecule is O=Cc1ccc([O-])c(N=O)c1.O=Cc1ccc([O-])c(N=O)c1.O=Cc1ccc([O-])c(N=O)c1.[Fe+2].[Na+]. The molecule has 12 nitrogen and oxygen atoms in total. The molecular weight excluding hydrogens is 517 g/mol. The zero-order valence-electron chi connectivity index (χ0n) is 17.8. The van der Waals surface area contributed by atoms with Gasteiger partial charge < -0.3 is 15.3 Å². The molecule has 0 fully saturated rings. The molecule has 0 heterocycles. The summed E-state index contributed by atoms with van der Waals surface area (Å²) in [7, 11) is 0. The quantitative estimate of drug-likeness (QED) is 0.237. The van der Waals surface area contributed by atoms with Crippen LogP contribution in [-0.2, 0) is 17.1 Å². The van der Waals surface area contributed by atoms with Crippen molar-refractivity contribution in [2.45, 2.75) is 0 Å². The summed E-state index contributed by atoms with van der Waals surface area (Å²) in [4.78, 5) is 60.2. The van der Waals surface area contributed by atoms with Crippen LogP contribution in [0.3, 0.4) is 0 Å². The van der Waals surface area contributed by atoms with Crippen LogP contribution in [0.25, 0.3) is 0 Å². The van der Waals surface area contributed by atoms with Gasteiger partial charge in [-0.3, -0.25) is 14.4 Å². The zero-order chi connectivity index (χ0) is 24.8. The Hall–Kier alpha value is -3.61. The maximum absolute atomic E-state index is 10.7. The number of nitrogens with zero attached hydrogens (tertiary/aromatic N) is 3. The monoisotopic (exact) mass is 529 g/mol. The Kier molecular flexibility index (Phi) is 17.1. The predicted octanol–water partition coefficient (Wildman–Crippen LogP) is -0.0867. The number of rotatable bonds is 6. The van der Waals surface area contributed by atoms with Crippen LogP contribution < -0.4 is 44.9 Å². The van der Waals surface area contributed by atoms with Crippen molar-refractivity contribution in [2.24, 2.45) is 15.5 Å². The standard InChI is InChI=1S/3C7H5NO3.Fe.Na/c3*9-4-5-1-2-7(10)6(3-5)8-11;;/h3*1-4,10H;;/q;;;+2;+1/p-3. The van der Waals surface area contributed by atoms with Crippen molar-refractivity contribution in [3.8, 4) is 17.2 Å². The van der Waals surface area contributed by atoms with E-state index in [1.807, 2.05) is 0 Å². The minimum absolute atomic E-state index is 0. The number of hydrogen-bond donors (Lipinski definition) is 0. The van der Waals surface area contributed by atoms with Crippen molar-refractivity contribution in [1.82, 2.24) is 0 Å². The average molecular weight is 529 g/mol. The van der Waals surface area contributed by atoms with Gasteiger partial charge in [0.25, 0.3) is 0 Å². The van der Waals surface area contributed by atoms with Crippen LogP contribution in [-0.4, -0.2) is 18.9 Å². The van der Waals surface area contributed by atoms with E-state index in [0.29, 0.717) is 18.9 Å². The molecule has 14 heteroatoms. The van der Waals surface area contributed by atoms with Gasteiger partial charge in [-0.25, -0.2) is 0 Å². The van der Waals surface area contributed by atoms with Crippen molar-refractivity contribution in [2.75, 3.05) is 0 Å². The van der Waals surface area contributed by atoms with Gasteiger partial charge in [0.05, 0.1) is 0 Å². The number of aldehydes is 3. The summed E-state index contributed by atoms with van der Waals surface area (Å²) in [5.41, 5.74) is 0.149. The second kappa shape index (κ2) is 17.8. The number of hydrogen-bond acceptors (Lipinski definition) is 12. The maximum Gasteiger partial charge on any atom is 2.00 e. The van der Waals surface area contributed by atoms with Crippen LogP contribution in [0, 0.1) is 14.7 Å². The summed E-state index contributed by atoms with van der Waals surface area (Å²) < 4.78 is 0. The van der Waals surface area contributed by atoms with Crippen molar-refractivity contribution in [3.05, 3.63) is 86.0 Å². The van der Waals surface area contributed by atoms with Gasteiger partial charge in [-0.05, 0) is 33.7 Å². The molecule has 0 amide bonds. The van der Waals surface area contributed by atoms with Crippen LogP contribution in [0.15, 0.2) is 70.1 Å². The molecule has 0 aliphatic rings. The van der Waals surface area contributed by atoms with Gasteiger partial charge >= 0.3 is 46.6 Å². The second-order valence-corrected chi connectivity index (χ2v) is 5.81. The Morgan fingerprint density at radius 2 is 0.743 bits per heavy atom. The van der Waals surface area contributed by atoms with E-state index < -0.39 is 17.2 Å². The Bertz CT molecular complexity index is 1050. The van der Waals surface area contributed by atoms with E-state index in [1.54, 1.807) is 0 Å². The first-order valence-electron chi connectivity index (χ1n) is 8.62. The molecule has 35 heavy (non-hydrogen) atoms. The Morgan fingerprint density at radius 1 is 0.514 bits per heavy atom. The van der Waals surface area contributed by atoms with E-state index in [-0.39, 0.29) is 80.4 Å². The maximum atomic E-state index is 10.7. The summed E-state index contributed by atoms with van der Waals surface area (Å²) >= 11 is 0. The van der Waals surface area contributed by atoms with Gasteiger partial charge in [-0.2, -0.15) is 0 Å². The topological polar surface area (TPSA) is 209 Å². The van der Waals surface area contributed by atoms with Gasteiger partial charge in [-0.15, -0.1) is 14.7 Å². The van der Waals surface area contributed by atoms with Crippen LogP contribution in [0.4, 0.5) is 17.1 Å². The molecule has 0 spiro atoms. The molecule has 0 atom stereocenters. The van der Waals surface area contributed by atoms with E-state index in [2.05, 4.69) is 15.5 Å². The van der Waals surface area contributed by atoms with Crippen LogP contribution in [0.2, 0.25) is 0 Å². The van der Waals surface area contributed by atoms with E-state index in [4.69, 9.17) is 0 Å². The number of benzene rings is 3. The summed E-state index contributed by atoms with van der Waals surface area (Å²) in [6.07, 6.45) is 1.65. The normalized spacial score (nSPS) is 8.57. The largest absolute Gasteiger partial charge is 2.00 e. The predicted molar refractivity (Wildman–Crippen MR) is 110 cm³/mol. The fourth-order valence-electron chi connectivity index (χ4n) is 2.04. The Balaban J connectivity index is 0. The Morgan fingerprint density at radius 3 is 0.914 bits per heavy atom. The summed E-state index contributed by atoms with van der Waals surface area (Å²) in [6, 6.07) is 10.9. The molecule has 0 unspecified atom stereocenters. The molecule has 0 bridgehead atoms. The minimum Gasteiger partial charge on any atom is -0.871 e.